The Labute approximate surface area is 169 Å². The quantitative estimate of drug-likeness (QED) is 0.342. The third kappa shape index (κ3) is 6.62. The zero-order valence-corrected chi connectivity index (χ0v) is 17.8. The van der Waals surface area contributed by atoms with Crippen LogP contribution in [0, 0.1) is 6.92 Å². The van der Waals surface area contributed by atoms with Crippen molar-refractivity contribution in [1.29, 1.82) is 0 Å². The van der Waals surface area contributed by atoms with Gasteiger partial charge in [-0.1, -0.05) is 12.1 Å². The zero-order chi connectivity index (χ0) is 17.4. The lowest BCUT2D eigenvalue weighted by Gasteiger charge is -2.11. The first-order chi connectivity index (χ1) is 11.6. The Bertz CT molecular complexity index is 717. The summed E-state index contributed by atoms with van der Waals surface area (Å²) in [6, 6.07) is 7.65. The average molecular weight is 473 g/mol. The minimum absolute atomic E-state index is 0. The summed E-state index contributed by atoms with van der Waals surface area (Å²) in [5.74, 6) is 0.687. The predicted octanol–water partition coefficient (Wildman–Crippen LogP) is 2.34. The van der Waals surface area contributed by atoms with Gasteiger partial charge in [-0.15, -0.1) is 35.3 Å². The van der Waals surface area contributed by atoms with Crippen LogP contribution in [0.1, 0.15) is 26.5 Å². The van der Waals surface area contributed by atoms with Gasteiger partial charge in [0.25, 0.3) is 5.91 Å². The van der Waals surface area contributed by atoms with Crippen LogP contribution in [-0.4, -0.2) is 37.5 Å². The molecule has 3 N–H and O–H groups in total. The number of carbonyl (C=O) groups is 1. The van der Waals surface area contributed by atoms with Crippen LogP contribution in [-0.2, 0) is 13.0 Å². The average Bonchev–Trinajstić information content (AvgIpc) is 3.02. The van der Waals surface area contributed by atoms with Crippen LogP contribution in [0.4, 0.5) is 0 Å². The van der Waals surface area contributed by atoms with Crippen molar-refractivity contribution in [1.82, 2.24) is 20.9 Å². The van der Waals surface area contributed by atoms with Gasteiger partial charge in [-0.3, -0.25) is 9.79 Å². The molecule has 0 aliphatic heterocycles. The smallest absolute Gasteiger partial charge is 0.251 e. The van der Waals surface area contributed by atoms with Crippen molar-refractivity contribution < 1.29 is 4.79 Å². The van der Waals surface area contributed by atoms with E-state index in [4.69, 9.17) is 0 Å². The molecule has 0 unspecified atom stereocenters. The minimum atomic E-state index is -0.0674. The first-order valence-electron chi connectivity index (χ1n) is 7.78. The number of aromatic nitrogens is 1. The molecule has 0 saturated carbocycles. The second-order valence-corrected chi connectivity index (χ2v) is 6.18. The van der Waals surface area contributed by atoms with Gasteiger partial charge in [0, 0.05) is 31.1 Å². The number of aryl methyl sites for hydroxylation is 1. The molecule has 1 aromatic heterocycles. The lowest BCUT2D eigenvalue weighted by molar-refractivity contribution is 0.0963. The van der Waals surface area contributed by atoms with Crippen molar-refractivity contribution in [2.24, 2.45) is 4.99 Å². The maximum atomic E-state index is 11.7. The van der Waals surface area contributed by atoms with Crippen molar-refractivity contribution in [2.45, 2.75) is 19.9 Å². The van der Waals surface area contributed by atoms with Crippen molar-refractivity contribution in [3.63, 3.8) is 0 Å². The lowest BCUT2D eigenvalue weighted by Crippen LogP contribution is -2.37. The third-order valence-electron chi connectivity index (χ3n) is 3.61. The van der Waals surface area contributed by atoms with E-state index in [-0.39, 0.29) is 29.9 Å². The summed E-state index contributed by atoms with van der Waals surface area (Å²) in [4.78, 5) is 21.3. The maximum Gasteiger partial charge on any atom is 0.251 e. The number of rotatable bonds is 6. The summed E-state index contributed by atoms with van der Waals surface area (Å²) < 4.78 is 0. The molecule has 2 rings (SSSR count). The molecule has 2 aromatic rings. The molecule has 136 valence electrons. The van der Waals surface area contributed by atoms with E-state index in [0.29, 0.717) is 12.1 Å². The first-order valence-corrected chi connectivity index (χ1v) is 8.66. The van der Waals surface area contributed by atoms with Crippen LogP contribution in [0.25, 0.3) is 0 Å². The van der Waals surface area contributed by atoms with Crippen molar-refractivity contribution in [3.05, 3.63) is 51.5 Å². The topological polar surface area (TPSA) is 78.4 Å². The summed E-state index contributed by atoms with van der Waals surface area (Å²) in [5.41, 5.74) is 4.69. The molecular formula is C17H24IN5OS. The molecule has 0 bridgehead atoms. The Hall–Kier alpha value is -1.68. The SMILES string of the molecule is CN=C(NCCc1cccc(C(=O)NC)c1)NCc1scnc1C.I. The number of thiazole rings is 1. The largest absolute Gasteiger partial charge is 0.356 e. The number of halogens is 1. The van der Waals surface area contributed by atoms with Gasteiger partial charge >= 0.3 is 0 Å². The Morgan fingerprint density at radius 2 is 2.12 bits per heavy atom. The van der Waals surface area contributed by atoms with E-state index in [0.717, 1.165) is 30.2 Å². The monoisotopic (exact) mass is 473 g/mol. The van der Waals surface area contributed by atoms with Gasteiger partial charge in [0.15, 0.2) is 5.96 Å². The van der Waals surface area contributed by atoms with Gasteiger partial charge < -0.3 is 16.0 Å². The highest BCUT2D eigenvalue weighted by Crippen LogP contribution is 2.11. The molecule has 1 heterocycles. The Kier molecular flexibility index (Phi) is 9.43. The van der Waals surface area contributed by atoms with Gasteiger partial charge in [-0.2, -0.15) is 0 Å². The van der Waals surface area contributed by atoms with Crippen molar-refractivity contribution >= 4 is 47.2 Å². The zero-order valence-electron chi connectivity index (χ0n) is 14.6. The third-order valence-corrected chi connectivity index (χ3v) is 4.54. The predicted molar refractivity (Wildman–Crippen MR) is 114 cm³/mol. The Balaban J connectivity index is 0.00000312. The second-order valence-electron chi connectivity index (χ2n) is 5.24. The second kappa shape index (κ2) is 11.0. The van der Waals surface area contributed by atoms with E-state index in [1.807, 2.05) is 36.7 Å². The molecule has 0 spiro atoms. The summed E-state index contributed by atoms with van der Waals surface area (Å²) >= 11 is 1.63. The number of guanidine groups is 1. The van der Waals surface area contributed by atoms with Gasteiger partial charge in [0.2, 0.25) is 0 Å². The minimum Gasteiger partial charge on any atom is -0.356 e. The molecule has 0 fully saturated rings. The van der Waals surface area contributed by atoms with Gasteiger partial charge in [0.1, 0.15) is 0 Å². The highest BCUT2D eigenvalue weighted by molar-refractivity contribution is 14.0. The van der Waals surface area contributed by atoms with E-state index in [1.165, 1.54) is 4.88 Å². The fraction of sp³-hybridized carbons (Fsp3) is 0.353. The van der Waals surface area contributed by atoms with Gasteiger partial charge in [-0.05, 0) is 31.0 Å². The van der Waals surface area contributed by atoms with Crippen LogP contribution < -0.4 is 16.0 Å². The highest BCUT2D eigenvalue weighted by Gasteiger charge is 2.05. The molecule has 0 radical (unpaired) electrons. The normalized spacial score (nSPS) is 10.8. The molecule has 0 aliphatic carbocycles. The summed E-state index contributed by atoms with van der Waals surface area (Å²) in [6.07, 6.45) is 0.811. The molecule has 1 aromatic carbocycles. The number of benzene rings is 1. The van der Waals surface area contributed by atoms with E-state index < -0.39 is 0 Å². The Morgan fingerprint density at radius 1 is 1.32 bits per heavy atom. The van der Waals surface area contributed by atoms with E-state index >= 15 is 0 Å². The number of amides is 1. The van der Waals surface area contributed by atoms with Gasteiger partial charge in [-0.25, -0.2) is 4.98 Å². The van der Waals surface area contributed by atoms with Crippen LogP contribution >= 0.6 is 35.3 Å². The summed E-state index contributed by atoms with van der Waals surface area (Å²) in [6.45, 7) is 3.45. The van der Waals surface area contributed by atoms with Crippen LogP contribution in [0.15, 0.2) is 34.8 Å². The molecule has 6 nitrogen and oxygen atoms in total. The van der Waals surface area contributed by atoms with Crippen LogP contribution in [0.3, 0.4) is 0 Å². The van der Waals surface area contributed by atoms with Crippen molar-refractivity contribution in [3.8, 4) is 0 Å². The number of hydrogen-bond donors (Lipinski definition) is 3. The first kappa shape index (κ1) is 21.4. The van der Waals surface area contributed by atoms with Gasteiger partial charge in [0.05, 0.1) is 17.7 Å². The molecule has 0 aliphatic rings. The van der Waals surface area contributed by atoms with E-state index in [2.05, 4.69) is 25.9 Å². The summed E-state index contributed by atoms with van der Waals surface area (Å²) in [7, 11) is 3.39. The molecule has 0 atom stereocenters. The molecule has 1 amide bonds. The van der Waals surface area contributed by atoms with Crippen molar-refractivity contribution in [2.75, 3.05) is 20.6 Å². The number of hydrogen-bond acceptors (Lipinski definition) is 4. The Morgan fingerprint density at radius 3 is 2.76 bits per heavy atom. The van der Waals surface area contributed by atoms with Crippen LogP contribution in [0.5, 0.6) is 0 Å². The number of aliphatic imine (C=N–C) groups is 1. The maximum absolute atomic E-state index is 11.7. The number of nitrogens with one attached hydrogen (secondary N) is 3. The van der Waals surface area contributed by atoms with E-state index in [1.54, 1.807) is 25.4 Å². The molecular weight excluding hydrogens is 449 g/mol. The molecule has 0 saturated heterocycles. The lowest BCUT2D eigenvalue weighted by atomic mass is 10.1. The molecule has 25 heavy (non-hydrogen) atoms. The summed E-state index contributed by atoms with van der Waals surface area (Å²) in [5, 5.41) is 9.21. The fourth-order valence-corrected chi connectivity index (χ4v) is 2.93. The van der Waals surface area contributed by atoms with Crippen LogP contribution in [0.2, 0.25) is 0 Å². The molecule has 8 heteroatoms. The fourth-order valence-electron chi connectivity index (χ4n) is 2.22. The van der Waals surface area contributed by atoms with E-state index in [9.17, 15) is 4.79 Å². The standard InChI is InChI=1S/C17H23N5OS.HI/c1-12-15(24-11-22-12)10-21-17(19-3)20-8-7-13-5-4-6-14(9-13)16(23)18-2;/h4-6,9,11H,7-8,10H2,1-3H3,(H,18,23)(H2,19,20,21);1H. The number of carbonyl (C=O) groups excluding carboxylic acids is 1. The number of nitrogens with zero attached hydrogens (tertiary/aromatic N) is 2. The highest BCUT2D eigenvalue weighted by atomic mass is 127.